The number of ether oxygens (including phenoxy) is 1. The van der Waals surface area contributed by atoms with Gasteiger partial charge in [-0.25, -0.2) is 25.6 Å². The number of hydrogen-bond acceptors (Lipinski definition) is 7. The van der Waals surface area contributed by atoms with Crippen molar-refractivity contribution >= 4 is 19.7 Å². The van der Waals surface area contributed by atoms with Crippen molar-refractivity contribution in [2.45, 2.75) is 41.4 Å². The second-order valence-electron chi connectivity index (χ2n) is 10.7. The Hall–Kier alpha value is -3.33. The van der Waals surface area contributed by atoms with Gasteiger partial charge < -0.3 is 9.64 Å². The van der Waals surface area contributed by atoms with E-state index in [0.717, 1.165) is 43.8 Å². The lowest BCUT2D eigenvalue weighted by atomic mass is 9.87. The molecule has 1 aliphatic rings. The van der Waals surface area contributed by atoms with Crippen molar-refractivity contribution in [3.05, 3.63) is 89.5 Å². The Morgan fingerprint density at radius 3 is 2.07 bits per heavy atom. The van der Waals surface area contributed by atoms with Gasteiger partial charge in [-0.2, -0.15) is 5.26 Å². The molecule has 0 radical (unpaired) electrons. The predicted molar refractivity (Wildman–Crippen MR) is 156 cm³/mol. The van der Waals surface area contributed by atoms with Crippen molar-refractivity contribution in [3.8, 4) is 11.8 Å². The van der Waals surface area contributed by atoms with E-state index < -0.39 is 31.3 Å². The summed E-state index contributed by atoms with van der Waals surface area (Å²) in [7, 11) is -6.82. The van der Waals surface area contributed by atoms with E-state index in [9.17, 15) is 25.6 Å². The maximum atomic E-state index is 14.1. The third-order valence-electron chi connectivity index (χ3n) is 7.72. The summed E-state index contributed by atoms with van der Waals surface area (Å²) < 4.78 is 82.9. The van der Waals surface area contributed by atoms with Gasteiger partial charge in [0.05, 0.1) is 15.5 Å². The smallest absolute Gasteiger partial charge is 0.178 e. The number of benzene rings is 3. The molecule has 1 atom stereocenters. The zero-order valence-electron chi connectivity index (χ0n) is 23.4. The lowest BCUT2D eigenvalue weighted by Crippen LogP contribution is -2.35. The quantitative estimate of drug-likeness (QED) is 0.270. The molecule has 0 bridgehead atoms. The standard InChI is InChI=1S/C31H34F2N2O5S2/c1-41(36,37)29-6-2-24(3-7-29)31(25-20-26(32)22-27(33)21-25)12-17-35-15-10-23(11-16-35)13-19-42(38,39)30-8-4-28(5-9-30)40-18-14-34/h2-9,20-23,31H,10-13,15-19H2,1H3. The monoisotopic (exact) mass is 616 g/mol. The molecule has 1 heterocycles. The van der Waals surface area contributed by atoms with Crippen LogP contribution in [-0.4, -0.2) is 60.0 Å². The molecule has 0 aliphatic carbocycles. The molecular weight excluding hydrogens is 582 g/mol. The fourth-order valence-electron chi connectivity index (χ4n) is 5.36. The summed E-state index contributed by atoms with van der Waals surface area (Å²) in [6.07, 6.45) is 3.96. The summed E-state index contributed by atoms with van der Waals surface area (Å²) in [5.41, 5.74) is 1.27. The van der Waals surface area contributed by atoms with Crippen LogP contribution in [0.4, 0.5) is 8.78 Å². The molecule has 3 aromatic carbocycles. The Morgan fingerprint density at radius 1 is 0.905 bits per heavy atom. The largest absolute Gasteiger partial charge is 0.479 e. The van der Waals surface area contributed by atoms with Gasteiger partial charge in [0.15, 0.2) is 26.3 Å². The Labute approximate surface area is 246 Å². The van der Waals surface area contributed by atoms with Gasteiger partial charge in [-0.05, 0) is 111 Å². The zero-order chi connectivity index (χ0) is 30.3. The van der Waals surface area contributed by atoms with Crippen LogP contribution in [0.5, 0.6) is 5.75 Å². The molecule has 42 heavy (non-hydrogen) atoms. The number of hydrogen-bond donors (Lipinski definition) is 0. The topological polar surface area (TPSA) is 105 Å². The first-order valence-electron chi connectivity index (χ1n) is 13.8. The average Bonchev–Trinajstić information content (AvgIpc) is 2.95. The number of likely N-dealkylation sites (tertiary alicyclic amines) is 1. The number of piperidine rings is 1. The molecule has 1 unspecified atom stereocenters. The lowest BCUT2D eigenvalue weighted by Gasteiger charge is -2.33. The van der Waals surface area contributed by atoms with Crippen molar-refractivity contribution in [2.75, 3.05) is 38.2 Å². The Morgan fingerprint density at radius 2 is 1.50 bits per heavy atom. The molecule has 0 saturated carbocycles. The summed E-state index contributed by atoms with van der Waals surface area (Å²) in [4.78, 5) is 2.69. The summed E-state index contributed by atoms with van der Waals surface area (Å²) in [5, 5.41) is 8.60. The van der Waals surface area contributed by atoms with Crippen LogP contribution in [0.15, 0.2) is 76.5 Å². The first-order valence-corrected chi connectivity index (χ1v) is 17.3. The summed E-state index contributed by atoms with van der Waals surface area (Å²) >= 11 is 0. The molecule has 1 aliphatic heterocycles. The van der Waals surface area contributed by atoms with E-state index in [2.05, 4.69) is 4.90 Å². The molecule has 224 valence electrons. The minimum atomic E-state index is -3.45. The molecule has 1 fully saturated rings. The van der Waals surface area contributed by atoms with E-state index in [1.165, 1.54) is 36.4 Å². The number of nitriles is 1. The molecule has 0 spiro atoms. The molecule has 1 saturated heterocycles. The SMILES string of the molecule is CS(=O)(=O)c1ccc(C(CCN2CCC(CCS(=O)(=O)c3ccc(OCC#N)cc3)CC2)c2cc(F)cc(F)c2)cc1. The van der Waals surface area contributed by atoms with E-state index in [4.69, 9.17) is 10.00 Å². The second-order valence-corrected chi connectivity index (χ2v) is 14.8. The van der Waals surface area contributed by atoms with Crippen LogP contribution >= 0.6 is 0 Å². The first kappa shape index (κ1) is 31.6. The average molecular weight is 617 g/mol. The number of halogens is 2. The van der Waals surface area contributed by atoms with Gasteiger partial charge >= 0.3 is 0 Å². The van der Waals surface area contributed by atoms with Crippen LogP contribution in [-0.2, 0) is 19.7 Å². The van der Waals surface area contributed by atoms with E-state index in [1.807, 2.05) is 6.07 Å². The fraction of sp³-hybridized carbons (Fsp3) is 0.387. The second kappa shape index (κ2) is 13.8. The van der Waals surface area contributed by atoms with Gasteiger partial charge in [0, 0.05) is 18.2 Å². The van der Waals surface area contributed by atoms with E-state index in [1.54, 1.807) is 24.3 Å². The van der Waals surface area contributed by atoms with Gasteiger partial charge in [-0.3, -0.25) is 0 Å². The van der Waals surface area contributed by atoms with Crippen LogP contribution in [0.25, 0.3) is 0 Å². The molecule has 0 aromatic heterocycles. The Balaban J connectivity index is 1.34. The first-order chi connectivity index (χ1) is 19.9. The van der Waals surface area contributed by atoms with Crippen LogP contribution in [0.1, 0.15) is 42.7 Å². The van der Waals surface area contributed by atoms with E-state index in [0.29, 0.717) is 30.7 Å². The van der Waals surface area contributed by atoms with Crippen molar-refractivity contribution in [3.63, 3.8) is 0 Å². The van der Waals surface area contributed by atoms with E-state index in [-0.39, 0.29) is 34.0 Å². The van der Waals surface area contributed by atoms with Gasteiger partial charge in [0.2, 0.25) is 0 Å². The molecule has 7 nitrogen and oxygen atoms in total. The zero-order valence-corrected chi connectivity index (χ0v) is 25.0. The number of sulfone groups is 2. The highest BCUT2D eigenvalue weighted by Crippen LogP contribution is 2.31. The van der Waals surface area contributed by atoms with Gasteiger partial charge in [-0.15, -0.1) is 0 Å². The fourth-order valence-corrected chi connectivity index (χ4v) is 7.42. The highest BCUT2D eigenvalue weighted by atomic mass is 32.2. The maximum Gasteiger partial charge on any atom is 0.178 e. The van der Waals surface area contributed by atoms with Crippen molar-refractivity contribution < 1.29 is 30.4 Å². The molecular formula is C31H34F2N2O5S2. The molecule has 4 rings (SSSR count). The van der Waals surface area contributed by atoms with Gasteiger partial charge in [0.25, 0.3) is 0 Å². The third-order valence-corrected chi connectivity index (χ3v) is 10.6. The van der Waals surface area contributed by atoms with Crippen molar-refractivity contribution in [2.24, 2.45) is 5.92 Å². The molecule has 0 amide bonds. The Kier molecular flexibility index (Phi) is 10.4. The van der Waals surface area contributed by atoms with Gasteiger partial charge in [-0.1, -0.05) is 12.1 Å². The lowest BCUT2D eigenvalue weighted by molar-refractivity contribution is 0.178. The van der Waals surface area contributed by atoms with Crippen LogP contribution in [0.3, 0.4) is 0 Å². The predicted octanol–water partition coefficient (Wildman–Crippen LogP) is 5.37. The van der Waals surface area contributed by atoms with Crippen LogP contribution in [0.2, 0.25) is 0 Å². The van der Waals surface area contributed by atoms with Gasteiger partial charge in [0.1, 0.15) is 23.5 Å². The minimum absolute atomic E-state index is 0.0484. The van der Waals surface area contributed by atoms with Crippen molar-refractivity contribution in [1.82, 2.24) is 4.90 Å². The summed E-state index contributed by atoms with van der Waals surface area (Å²) in [6.45, 7) is 2.13. The highest BCUT2D eigenvalue weighted by Gasteiger charge is 2.24. The normalized spacial score (nSPS) is 15.7. The minimum Gasteiger partial charge on any atom is -0.479 e. The van der Waals surface area contributed by atoms with E-state index >= 15 is 0 Å². The van der Waals surface area contributed by atoms with Crippen molar-refractivity contribution in [1.29, 1.82) is 5.26 Å². The summed E-state index contributed by atoms with van der Waals surface area (Å²) in [5.74, 6) is -0.899. The maximum absolute atomic E-state index is 14.1. The summed E-state index contributed by atoms with van der Waals surface area (Å²) in [6, 6.07) is 17.9. The number of rotatable bonds is 12. The Bertz CT molecular complexity index is 1590. The van der Waals surface area contributed by atoms with Crippen LogP contribution in [0, 0.1) is 28.9 Å². The number of nitrogens with zero attached hydrogens (tertiary/aromatic N) is 2. The highest BCUT2D eigenvalue weighted by molar-refractivity contribution is 7.91. The molecule has 3 aromatic rings. The van der Waals surface area contributed by atoms with Crippen LogP contribution < -0.4 is 4.74 Å². The molecule has 11 heteroatoms. The third kappa shape index (κ3) is 8.60. The molecule has 0 N–H and O–H groups in total.